The highest BCUT2D eigenvalue weighted by atomic mass is 19.4. The molecule has 0 fully saturated rings. The molecule has 0 atom stereocenters. The van der Waals surface area contributed by atoms with E-state index in [-0.39, 0.29) is 12.2 Å². The number of para-hydroxylation sites is 1. The van der Waals surface area contributed by atoms with Gasteiger partial charge in [-0.15, -0.1) is 0 Å². The van der Waals surface area contributed by atoms with Crippen LogP contribution in [0.2, 0.25) is 0 Å². The number of alkyl halides is 3. The molecule has 2 aromatic rings. The molecular weight excluding hydrogens is 281 g/mol. The van der Waals surface area contributed by atoms with Crippen molar-refractivity contribution in [2.24, 2.45) is 0 Å². The summed E-state index contributed by atoms with van der Waals surface area (Å²) < 4.78 is 43.8. The standard InChI is InChI=1S/C15H15F3N2O/c1-10-7-12(21-2)8-11(20-10)9-19-14-6-4-3-5-13(14)15(16,17)18/h3-8,19H,9H2,1-2H3. The van der Waals surface area contributed by atoms with Crippen molar-refractivity contribution < 1.29 is 17.9 Å². The Morgan fingerprint density at radius 3 is 2.57 bits per heavy atom. The Hall–Kier alpha value is -2.24. The molecule has 0 saturated carbocycles. The van der Waals surface area contributed by atoms with Crippen LogP contribution in [0.1, 0.15) is 17.0 Å². The van der Waals surface area contributed by atoms with E-state index in [0.717, 1.165) is 11.8 Å². The molecular formula is C15H15F3N2O. The number of halogens is 3. The first kappa shape index (κ1) is 15.2. The number of hydrogen-bond donors (Lipinski definition) is 1. The zero-order valence-corrected chi connectivity index (χ0v) is 11.7. The number of nitrogens with zero attached hydrogens (tertiary/aromatic N) is 1. The largest absolute Gasteiger partial charge is 0.497 e. The Balaban J connectivity index is 2.19. The van der Waals surface area contributed by atoms with Gasteiger partial charge in [-0.2, -0.15) is 13.2 Å². The third kappa shape index (κ3) is 3.87. The number of hydrogen-bond acceptors (Lipinski definition) is 3. The molecule has 112 valence electrons. The molecule has 0 bridgehead atoms. The Labute approximate surface area is 120 Å². The van der Waals surface area contributed by atoms with E-state index in [1.54, 1.807) is 25.1 Å². The van der Waals surface area contributed by atoms with Crippen LogP contribution in [0.25, 0.3) is 0 Å². The molecule has 3 nitrogen and oxygen atoms in total. The molecule has 0 saturated heterocycles. The fourth-order valence-electron chi connectivity index (χ4n) is 1.98. The molecule has 2 rings (SSSR count). The SMILES string of the molecule is COc1cc(C)nc(CNc2ccccc2C(F)(F)F)c1. The van der Waals surface area contributed by atoms with E-state index in [2.05, 4.69) is 10.3 Å². The molecule has 0 unspecified atom stereocenters. The van der Waals surface area contributed by atoms with Crippen LogP contribution in [0.5, 0.6) is 5.75 Å². The lowest BCUT2D eigenvalue weighted by Crippen LogP contribution is -2.11. The first-order valence-corrected chi connectivity index (χ1v) is 6.32. The third-order valence-electron chi connectivity index (χ3n) is 2.91. The lowest BCUT2D eigenvalue weighted by Gasteiger charge is -2.14. The highest BCUT2D eigenvalue weighted by molar-refractivity contribution is 5.52. The van der Waals surface area contributed by atoms with Crippen LogP contribution in [0.4, 0.5) is 18.9 Å². The molecule has 1 N–H and O–H groups in total. The van der Waals surface area contributed by atoms with Gasteiger partial charge in [0.05, 0.1) is 24.9 Å². The summed E-state index contributed by atoms with van der Waals surface area (Å²) in [5.41, 5.74) is 0.705. The number of ether oxygens (including phenoxy) is 1. The summed E-state index contributed by atoms with van der Waals surface area (Å²) in [5, 5.41) is 2.78. The number of methoxy groups -OCH3 is 1. The Morgan fingerprint density at radius 1 is 1.19 bits per heavy atom. The van der Waals surface area contributed by atoms with E-state index in [9.17, 15) is 13.2 Å². The van der Waals surface area contributed by atoms with E-state index in [1.807, 2.05) is 0 Å². The monoisotopic (exact) mass is 296 g/mol. The van der Waals surface area contributed by atoms with Gasteiger partial charge in [-0.3, -0.25) is 4.98 Å². The molecule has 1 aromatic heterocycles. The van der Waals surface area contributed by atoms with Gasteiger partial charge in [-0.25, -0.2) is 0 Å². The lowest BCUT2D eigenvalue weighted by atomic mass is 10.1. The van der Waals surface area contributed by atoms with Crippen molar-refractivity contribution in [1.82, 2.24) is 4.98 Å². The summed E-state index contributed by atoms with van der Waals surface area (Å²) >= 11 is 0. The third-order valence-corrected chi connectivity index (χ3v) is 2.91. The molecule has 0 aliphatic carbocycles. The summed E-state index contributed by atoms with van der Waals surface area (Å²) in [6, 6.07) is 8.82. The van der Waals surface area contributed by atoms with Gasteiger partial charge in [0.25, 0.3) is 0 Å². The van der Waals surface area contributed by atoms with Gasteiger partial charge in [0.1, 0.15) is 5.75 Å². The first-order valence-electron chi connectivity index (χ1n) is 6.32. The van der Waals surface area contributed by atoms with E-state index < -0.39 is 11.7 Å². The lowest BCUT2D eigenvalue weighted by molar-refractivity contribution is -0.137. The quantitative estimate of drug-likeness (QED) is 0.925. The van der Waals surface area contributed by atoms with Gasteiger partial charge in [0.2, 0.25) is 0 Å². The van der Waals surface area contributed by atoms with Crippen LogP contribution in [-0.2, 0) is 12.7 Å². The summed E-state index contributed by atoms with van der Waals surface area (Å²) in [4.78, 5) is 4.26. The summed E-state index contributed by atoms with van der Waals surface area (Å²) in [5.74, 6) is 0.628. The highest BCUT2D eigenvalue weighted by Crippen LogP contribution is 2.34. The topological polar surface area (TPSA) is 34.1 Å². The number of aromatic nitrogens is 1. The molecule has 21 heavy (non-hydrogen) atoms. The molecule has 0 radical (unpaired) electrons. The zero-order valence-electron chi connectivity index (χ0n) is 11.7. The highest BCUT2D eigenvalue weighted by Gasteiger charge is 2.33. The minimum Gasteiger partial charge on any atom is -0.497 e. The minimum absolute atomic E-state index is 0.0345. The average molecular weight is 296 g/mol. The summed E-state index contributed by atoms with van der Waals surface area (Å²) in [6.07, 6.45) is -4.39. The molecule has 1 aromatic carbocycles. The molecule has 0 aliphatic rings. The van der Waals surface area contributed by atoms with E-state index in [4.69, 9.17) is 4.74 Å². The average Bonchev–Trinajstić information content (AvgIpc) is 2.44. The van der Waals surface area contributed by atoms with Crippen LogP contribution in [0.3, 0.4) is 0 Å². The maximum atomic E-state index is 12.9. The maximum Gasteiger partial charge on any atom is 0.418 e. The number of rotatable bonds is 4. The van der Waals surface area contributed by atoms with Crippen LogP contribution < -0.4 is 10.1 Å². The second-order valence-electron chi connectivity index (χ2n) is 4.54. The van der Waals surface area contributed by atoms with E-state index in [0.29, 0.717) is 11.4 Å². The normalized spacial score (nSPS) is 11.3. The fourth-order valence-corrected chi connectivity index (χ4v) is 1.98. The fraction of sp³-hybridized carbons (Fsp3) is 0.267. The number of benzene rings is 1. The summed E-state index contributed by atoms with van der Waals surface area (Å²) in [7, 11) is 1.53. The number of aryl methyl sites for hydroxylation is 1. The van der Waals surface area contributed by atoms with Crippen molar-refractivity contribution in [3.8, 4) is 5.75 Å². The van der Waals surface area contributed by atoms with Crippen molar-refractivity contribution in [1.29, 1.82) is 0 Å². The Kier molecular flexibility index (Phi) is 4.35. The van der Waals surface area contributed by atoms with Crippen molar-refractivity contribution in [3.63, 3.8) is 0 Å². The maximum absolute atomic E-state index is 12.9. The van der Waals surface area contributed by atoms with Gasteiger partial charge >= 0.3 is 6.18 Å². The van der Waals surface area contributed by atoms with Gasteiger partial charge in [0.15, 0.2) is 0 Å². The van der Waals surface area contributed by atoms with Crippen molar-refractivity contribution in [2.75, 3.05) is 12.4 Å². The number of nitrogens with one attached hydrogen (secondary N) is 1. The van der Waals surface area contributed by atoms with Crippen molar-refractivity contribution in [3.05, 3.63) is 53.3 Å². The van der Waals surface area contributed by atoms with Gasteiger partial charge < -0.3 is 10.1 Å². The molecule has 0 amide bonds. The second kappa shape index (κ2) is 6.03. The smallest absolute Gasteiger partial charge is 0.418 e. The molecule has 0 spiro atoms. The Morgan fingerprint density at radius 2 is 1.90 bits per heavy atom. The zero-order chi connectivity index (χ0) is 15.5. The molecule has 1 heterocycles. The van der Waals surface area contributed by atoms with Crippen molar-refractivity contribution >= 4 is 5.69 Å². The predicted molar refractivity (Wildman–Crippen MR) is 74.3 cm³/mol. The predicted octanol–water partition coefficient (Wildman–Crippen LogP) is 4.03. The summed E-state index contributed by atoms with van der Waals surface area (Å²) in [6.45, 7) is 1.99. The van der Waals surface area contributed by atoms with Crippen LogP contribution >= 0.6 is 0 Å². The van der Waals surface area contributed by atoms with Crippen molar-refractivity contribution in [2.45, 2.75) is 19.6 Å². The van der Waals surface area contributed by atoms with Gasteiger partial charge in [-0.05, 0) is 19.1 Å². The van der Waals surface area contributed by atoms with Gasteiger partial charge in [-0.1, -0.05) is 12.1 Å². The molecule has 6 heteroatoms. The second-order valence-corrected chi connectivity index (χ2v) is 4.54. The van der Waals surface area contributed by atoms with Crippen LogP contribution in [0, 0.1) is 6.92 Å². The first-order chi connectivity index (χ1) is 9.90. The van der Waals surface area contributed by atoms with Crippen LogP contribution in [-0.4, -0.2) is 12.1 Å². The van der Waals surface area contributed by atoms with E-state index in [1.165, 1.54) is 19.2 Å². The van der Waals surface area contributed by atoms with E-state index >= 15 is 0 Å². The van der Waals surface area contributed by atoms with Crippen LogP contribution in [0.15, 0.2) is 36.4 Å². The Bertz CT molecular complexity index is 627. The number of pyridine rings is 1. The van der Waals surface area contributed by atoms with Gasteiger partial charge in [0, 0.05) is 23.5 Å². The molecule has 0 aliphatic heterocycles. The number of anilines is 1. The minimum atomic E-state index is -4.39.